The Morgan fingerprint density at radius 2 is 2.13 bits per heavy atom. The van der Waals surface area contributed by atoms with Crippen LogP contribution in [0.4, 0.5) is 0 Å². The normalized spacial score (nSPS) is 15.5. The maximum Gasteiger partial charge on any atom is 0.209 e. The van der Waals surface area contributed by atoms with Crippen molar-refractivity contribution in [3.05, 3.63) is 46.5 Å². The molecule has 23 heavy (non-hydrogen) atoms. The molecule has 1 aromatic carbocycles. The van der Waals surface area contributed by atoms with Crippen LogP contribution in [0.15, 0.2) is 40.2 Å². The van der Waals surface area contributed by atoms with Crippen LogP contribution in [0.3, 0.4) is 0 Å². The summed E-state index contributed by atoms with van der Waals surface area (Å²) in [6.07, 6.45) is 6.19. The second-order valence-corrected chi connectivity index (χ2v) is 6.64. The highest BCUT2D eigenvalue weighted by molar-refractivity contribution is 9.10. The van der Waals surface area contributed by atoms with Gasteiger partial charge in [-0.15, -0.1) is 5.10 Å². The smallest absolute Gasteiger partial charge is 0.209 e. The van der Waals surface area contributed by atoms with E-state index in [0.29, 0.717) is 18.4 Å². The van der Waals surface area contributed by atoms with E-state index in [9.17, 15) is 0 Å². The molecule has 1 saturated carbocycles. The molecule has 1 fully saturated rings. The van der Waals surface area contributed by atoms with E-state index in [1.807, 2.05) is 18.5 Å². The molecule has 1 aliphatic carbocycles. The molecule has 0 atom stereocenters. The van der Waals surface area contributed by atoms with Gasteiger partial charge in [-0.3, -0.25) is 0 Å². The largest absolute Gasteiger partial charge is 0.473 e. The van der Waals surface area contributed by atoms with E-state index >= 15 is 0 Å². The third kappa shape index (κ3) is 3.42. The number of hydrogen-bond acceptors (Lipinski definition) is 4. The SMILES string of the molecule is CCc1c(CO/C(=N\N)C2CCC2)ncn1-c1ccc(Br)cc1. The van der Waals surface area contributed by atoms with Crippen LogP contribution >= 0.6 is 15.9 Å². The van der Waals surface area contributed by atoms with Gasteiger partial charge in [-0.2, -0.15) is 0 Å². The third-order valence-corrected chi connectivity index (χ3v) is 4.86. The zero-order valence-corrected chi connectivity index (χ0v) is 14.8. The second kappa shape index (κ2) is 7.17. The summed E-state index contributed by atoms with van der Waals surface area (Å²) in [7, 11) is 0. The van der Waals surface area contributed by atoms with Crippen molar-refractivity contribution in [1.82, 2.24) is 9.55 Å². The number of nitrogens with zero attached hydrogens (tertiary/aromatic N) is 3. The van der Waals surface area contributed by atoms with Gasteiger partial charge in [-0.25, -0.2) is 4.98 Å². The van der Waals surface area contributed by atoms with Crippen LogP contribution in [0.1, 0.15) is 37.6 Å². The minimum Gasteiger partial charge on any atom is -0.473 e. The summed E-state index contributed by atoms with van der Waals surface area (Å²) < 4.78 is 9.00. The number of ether oxygens (including phenoxy) is 1. The number of imidazole rings is 1. The Balaban J connectivity index is 1.76. The molecule has 0 saturated heterocycles. The number of benzene rings is 1. The highest BCUT2D eigenvalue weighted by atomic mass is 79.9. The van der Waals surface area contributed by atoms with Crippen molar-refractivity contribution in [2.45, 2.75) is 39.2 Å². The van der Waals surface area contributed by atoms with E-state index in [-0.39, 0.29) is 0 Å². The molecule has 0 bridgehead atoms. The average molecular weight is 377 g/mol. The molecule has 1 heterocycles. The molecule has 0 aliphatic heterocycles. The van der Waals surface area contributed by atoms with Gasteiger partial charge in [0, 0.05) is 21.8 Å². The number of hydrogen-bond donors (Lipinski definition) is 1. The van der Waals surface area contributed by atoms with Crippen molar-refractivity contribution in [1.29, 1.82) is 0 Å². The molecular weight excluding hydrogens is 356 g/mol. The molecule has 0 amide bonds. The van der Waals surface area contributed by atoms with Crippen molar-refractivity contribution in [3.8, 4) is 5.69 Å². The van der Waals surface area contributed by atoms with E-state index in [4.69, 9.17) is 10.6 Å². The summed E-state index contributed by atoms with van der Waals surface area (Å²) in [5.74, 6) is 6.51. The summed E-state index contributed by atoms with van der Waals surface area (Å²) in [6, 6.07) is 8.19. The molecule has 5 nitrogen and oxygen atoms in total. The Labute approximate surface area is 144 Å². The van der Waals surface area contributed by atoms with Gasteiger partial charge in [0.15, 0.2) is 0 Å². The minimum atomic E-state index is 0.388. The van der Waals surface area contributed by atoms with E-state index in [1.54, 1.807) is 0 Å². The van der Waals surface area contributed by atoms with Gasteiger partial charge in [0.2, 0.25) is 5.90 Å². The van der Waals surface area contributed by atoms with Crippen LogP contribution in [0, 0.1) is 5.92 Å². The van der Waals surface area contributed by atoms with E-state index < -0.39 is 0 Å². The molecule has 1 aliphatic rings. The van der Waals surface area contributed by atoms with Crippen molar-refractivity contribution in [2.75, 3.05) is 0 Å². The fourth-order valence-electron chi connectivity index (χ4n) is 2.79. The summed E-state index contributed by atoms with van der Waals surface area (Å²) in [5.41, 5.74) is 3.18. The van der Waals surface area contributed by atoms with Gasteiger partial charge >= 0.3 is 0 Å². The lowest BCUT2D eigenvalue weighted by Crippen LogP contribution is -2.25. The minimum absolute atomic E-state index is 0.388. The first-order valence-corrected chi connectivity index (χ1v) is 8.73. The average Bonchev–Trinajstić information content (AvgIpc) is 2.93. The lowest BCUT2D eigenvalue weighted by atomic mass is 9.85. The third-order valence-electron chi connectivity index (χ3n) is 4.33. The van der Waals surface area contributed by atoms with Crippen molar-refractivity contribution < 1.29 is 4.74 Å². The maximum atomic E-state index is 5.83. The first kappa shape index (κ1) is 16.1. The lowest BCUT2D eigenvalue weighted by molar-refractivity contribution is 0.235. The van der Waals surface area contributed by atoms with Gasteiger partial charge in [0.25, 0.3) is 0 Å². The first-order valence-electron chi connectivity index (χ1n) is 7.94. The number of nitrogens with two attached hydrogens (primary N) is 1. The van der Waals surface area contributed by atoms with Gasteiger partial charge in [0.1, 0.15) is 6.61 Å². The monoisotopic (exact) mass is 376 g/mol. The Morgan fingerprint density at radius 1 is 1.39 bits per heavy atom. The molecule has 1 aromatic heterocycles. The lowest BCUT2D eigenvalue weighted by Gasteiger charge is -2.25. The van der Waals surface area contributed by atoms with Crippen LogP contribution in [-0.2, 0) is 17.8 Å². The van der Waals surface area contributed by atoms with E-state index in [2.05, 4.69) is 49.6 Å². The number of hydrazone groups is 1. The molecule has 0 spiro atoms. The summed E-state index contributed by atoms with van der Waals surface area (Å²) in [6.45, 7) is 2.54. The Bertz CT molecular complexity index is 689. The highest BCUT2D eigenvalue weighted by Gasteiger charge is 2.25. The second-order valence-electron chi connectivity index (χ2n) is 5.72. The standard InChI is InChI=1S/C17H21BrN4O/c1-2-16-15(10-23-17(21-19)12-4-3-5-12)20-11-22(16)14-8-6-13(18)7-9-14/h6-9,11-12H,2-5,10,19H2,1H3/b21-17-. The van der Waals surface area contributed by atoms with Crippen molar-refractivity contribution >= 4 is 21.8 Å². The summed E-state index contributed by atoms with van der Waals surface area (Å²) in [5, 5.41) is 3.81. The van der Waals surface area contributed by atoms with Gasteiger partial charge in [-0.05, 0) is 43.5 Å². The Hall–Kier alpha value is -1.82. The van der Waals surface area contributed by atoms with E-state index in [0.717, 1.165) is 40.8 Å². The van der Waals surface area contributed by atoms with E-state index in [1.165, 1.54) is 6.42 Å². The zero-order chi connectivity index (χ0) is 16.2. The predicted octanol–water partition coefficient (Wildman–Crippen LogP) is 3.79. The molecule has 6 heteroatoms. The quantitative estimate of drug-likeness (QED) is 0.373. The number of rotatable bonds is 5. The molecule has 2 N–H and O–H groups in total. The molecule has 2 aromatic rings. The van der Waals surface area contributed by atoms with Crippen molar-refractivity contribution in [3.63, 3.8) is 0 Å². The van der Waals surface area contributed by atoms with Crippen LogP contribution in [0.5, 0.6) is 0 Å². The number of aromatic nitrogens is 2. The Kier molecular flexibility index (Phi) is 5.00. The fourth-order valence-corrected chi connectivity index (χ4v) is 3.05. The maximum absolute atomic E-state index is 5.83. The molecule has 0 unspecified atom stereocenters. The van der Waals surface area contributed by atoms with Gasteiger partial charge < -0.3 is 15.1 Å². The topological polar surface area (TPSA) is 65.4 Å². The highest BCUT2D eigenvalue weighted by Crippen LogP contribution is 2.28. The van der Waals surface area contributed by atoms with Gasteiger partial charge in [-0.1, -0.05) is 29.3 Å². The zero-order valence-electron chi connectivity index (χ0n) is 13.2. The van der Waals surface area contributed by atoms with Crippen LogP contribution < -0.4 is 5.84 Å². The summed E-state index contributed by atoms with van der Waals surface area (Å²) >= 11 is 3.46. The van der Waals surface area contributed by atoms with Crippen LogP contribution in [-0.4, -0.2) is 15.4 Å². The molecular formula is C17H21BrN4O. The molecule has 0 radical (unpaired) electrons. The molecule has 122 valence electrons. The first-order chi connectivity index (χ1) is 11.2. The van der Waals surface area contributed by atoms with Crippen LogP contribution in [0.25, 0.3) is 5.69 Å². The van der Waals surface area contributed by atoms with Crippen molar-refractivity contribution in [2.24, 2.45) is 16.9 Å². The van der Waals surface area contributed by atoms with Crippen LogP contribution in [0.2, 0.25) is 0 Å². The predicted molar refractivity (Wildman–Crippen MR) is 94.4 cm³/mol. The molecule has 3 rings (SSSR count). The number of halogens is 1. The summed E-state index contributed by atoms with van der Waals surface area (Å²) in [4.78, 5) is 4.53. The fraction of sp³-hybridized carbons (Fsp3) is 0.412. The van der Waals surface area contributed by atoms with Gasteiger partial charge in [0.05, 0.1) is 12.0 Å². The Morgan fingerprint density at radius 3 is 2.70 bits per heavy atom.